The summed E-state index contributed by atoms with van der Waals surface area (Å²) < 4.78 is 12.7. The molecule has 0 saturated heterocycles. The molecule has 0 aromatic heterocycles. The van der Waals surface area contributed by atoms with Crippen LogP contribution in [-0.2, 0) is 16.2 Å². The molecule has 2 aliphatic carbocycles. The maximum atomic E-state index is 12.7. The number of hydrogen-bond donors (Lipinski definition) is 1. The quantitative estimate of drug-likeness (QED) is 0.243. The van der Waals surface area contributed by atoms with Crippen molar-refractivity contribution in [2.45, 2.75) is 62.2 Å². The number of fused-ring (bicyclic) bond motifs is 7. The molecule has 6 rings (SSSR count). The van der Waals surface area contributed by atoms with E-state index in [0.29, 0.717) is 5.75 Å². The minimum atomic E-state index is -1.07. The lowest BCUT2D eigenvalue weighted by atomic mass is 9.52. The zero-order valence-corrected chi connectivity index (χ0v) is 27.1. The first-order valence-corrected chi connectivity index (χ1v) is 17.2. The van der Waals surface area contributed by atoms with Crippen LogP contribution in [0.3, 0.4) is 0 Å². The van der Waals surface area contributed by atoms with Crippen LogP contribution in [0, 0.1) is 10.8 Å². The fourth-order valence-corrected chi connectivity index (χ4v) is 9.57. The molecule has 1 unspecified atom stereocenters. The summed E-state index contributed by atoms with van der Waals surface area (Å²) in [6, 6.07) is 21.6. The fourth-order valence-electron chi connectivity index (χ4n) is 8.39. The second-order valence-corrected chi connectivity index (χ2v) is 16.2. The summed E-state index contributed by atoms with van der Waals surface area (Å²) in [5, 5.41) is 13.7. The molecule has 1 N–H and O–H groups in total. The van der Waals surface area contributed by atoms with Crippen LogP contribution >= 0.6 is 11.8 Å². The third kappa shape index (κ3) is 4.60. The SMILES string of the molecule is CSc1cc2c3c(cc(O)c2cc1-c1ccc(N(C)C)cc1)C1(CC(C)(C)CC(C)(C)C1)c1cc(S(C)=O)ccc1-3. The predicted molar refractivity (Wildman–Crippen MR) is 177 cm³/mol. The van der Waals surface area contributed by atoms with Gasteiger partial charge in [-0.2, -0.15) is 0 Å². The van der Waals surface area contributed by atoms with Crippen molar-refractivity contribution in [2.24, 2.45) is 10.8 Å². The Morgan fingerprint density at radius 3 is 2.05 bits per heavy atom. The first-order valence-electron chi connectivity index (χ1n) is 14.4. The van der Waals surface area contributed by atoms with Crippen LogP contribution in [0.5, 0.6) is 5.75 Å². The van der Waals surface area contributed by atoms with Gasteiger partial charge in [0.05, 0.1) is 0 Å². The van der Waals surface area contributed by atoms with Gasteiger partial charge in [-0.1, -0.05) is 45.9 Å². The monoisotopic (exact) mass is 583 g/mol. The van der Waals surface area contributed by atoms with Crippen molar-refractivity contribution in [3.8, 4) is 28.0 Å². The summed E-state index contributed by atoms with van der Waals surface area (Å²) in [5.74, 6) is 0.338. The van der Waals surface area contributed by atoms with Gasteiger partial charge in [-0.25, -0.2) is 0 Å². The molecular weight excluding hydrogens is 543 g/mol. The van der Waals surface area contributed by atoms with E-state index in [0.717, 1.165) is 51.7 Å². The molecule has 1 saturated carbocycles. The van der Waals surface area contributed by atoms with E-state index < -0.39 is 10.8 Å². The summed E-state index contributed by atoms with van der Waals surface area (Å²) in [4.78, 5) is 4.18. The second-order valence-electron chi connectivity index (χ2n) is 14.0. The lowest BCUT2D eigenvalue weighted by Gasteiger charge is -2.51. The van der Waals surface area contributed by atoms with Crippen molar-refractivity contribution in [1.29, 1.82) is 0 Å². The summed E-state index contributed by atoms with van der Waals surface area (Å²) >= 11 is 1.75. The Kier molecular flexibility index (Phi) is 6.67. The molecule has 41 heavy (non-hydrogen) atoms. The molecule has 0 radical (unpaired) electrons. The van der Waals surface area contributed by atoms with Crippen molar-refractivity contribution in [2.75, 3.05) is 31.5 Å². The molecule has 0 heterocycles. The minimum Gasteiger partial charge on any atom is -0.507 e. The van der Waals surface area contributed by atoms with Crippen LogP contribution in [0.25, 0.3) is 33.0 Å². The lowest BCUT2D eigenvalue weighted by molar-refractivity contribution is 0.0644. The number of anilines is 1. The molecule has 0 bridgehead atoms. The van der Waals surface area contributed by atoms with Gasteiger partial charge in [-0.3, -0.25) is 4.21 Å². The summed E-state index contributed by atoms with van der Waals surface area (Å²) in [6.07, 6.45) is 7.05. The highest BCUT2D eigenvalue weighted by atomic mass is 32.2. The van der Waals surface area contributed by atoms with E-state index in [-0.39, 0.29) is 16.2 Å². The fraction of sp³-hybridized carbons (Fsp3) is 0.389. The van der Waals surface area contributed by atoms with Crippen LogP contribution in [0.15, 0.2) is 70.5 Å². The summed E-state index contributed by atoms with van der Waals surface area (Å²) in [6.45, 7) is 9.54. The maximum absolute atomic E-state index is 12.7. The topological polar surface area (TPSA) is 40.5 Å². The second kappa shape index (κ2) is 9.64. The smallest absolute Gasteiger partial charge is 0.123 e. The van der Waals surface area contributed by atoms with Crippen LogP contribution < -0.4 is 4.90 Å². The highest BCUT2D eigenvalue weighted by molar-refractivity contribution is 7.98. The number of nitrogens with zero attached hydrogens (tertiary/aromatic N) is 1. The van der Waals surface area contributed by atoms with Crippen LogP contribution in [0.1, 0.15) is 58.1 Å². The van der Waals surface area contributed by atoms with E-state index in [1.54, 1.807) is 18.0 Å². The van der Waals surface area contributed by atoms with Gasteiger partial charge in [0, 0.05) is 57.4 Å². The molecule has 1 fully saturated rings. The highest BCUT2D eigenvalue weighted by Crippen LogP contribution is 2.65. The van der Waals surface area contributed by atoms with E-state index in [1.807, 2.05) is 6.07 Å². The summed E-state index contributed by atoms with van der Waals surface area (Å²) in [5.41, 5.74) is 8.42. The average molecular weight is 584 g/mol. The number of hydrogen-bond acceptors (Lipinski definition) is 4. The molecule has 0 aliphatic heterocycles. The molecule has 3 nitrogen and oxygen atoms in total. The lowest BCUT2D eigenvalue weighted by Crippen LogP contribution is -2.44. The third-order valence-corrected chi connectivity index (χ3v) is 11.0. The van der Waals surface area contributed by atoms with Crippen molar-refractivity contribution in [3.05, 3.63) is 71.8 Å². The first-order chi connectivity index (χ1) is 19.2. The number of phenolic OH excluding ortho intramolecular Hbond substituents is 1. The Morgan fingerprint density at radius 1 is 0.805 bits per heavy atom. The van der Waals surface area contributed by atoms with Crippen molar-refractivity contribution in [1.82, 2.24) is 0 Å². The van der Waals surface area contributed by atoms with Gasteiger partial charge < -0.3 is 10.0 Å². The van der Waals surface area contributed by atoms with E-state index >= 15 is 0 Å². The summed E-state index contributed by atoms with van der Waals surface area (Å²) in [7, 11) is 3.04. The van der Waals surface area contributed by atoms with Gasteiger partial charge in [-0.05, 0) is 118 Å². The molecule has 0 amide bonds. The minimum absolute atomic E-state index is 0.125. The van der Waals surface area contributed by atoms with E-state index in [1.165, 1.54) is 27.1 Å². The maximum Gasteiger partial charge on any atom is 0.123 e. The van der Waals surface area contributed by atoms with Crippen LogP contribution in [0.4, 0.5) is 5.69 Å². The van der Waals surface area contributed by atoms with Gasteiger partial charge in [0.1, 0.15) is 5.75 Å². The largest absolute Gasteiger partial charge is 0.507 e. The zero-order chi connectivity index (χ0) is 29.5. The van der Waals surface area contributed by atoms with Crippen LogP contribution in [-0.4, -0.2) is 35.9 Å². The van der Waals surface area contributed by atoms with Gasteiger partial charge in [0.2, 0.25) is 0 Å². The van der Waals surface area contributed by atoms with E-state index in [2.05, 4.69) is 108 Å². The molecule has 214 valence electrons. The Morgan fingerprint density at radius 2 is 1.46 bits per heavy atom. The number of benzene rings is 4. The Balaban J connectivity index is 1.66. The molecule has 5 heteroatoms. The predicted octanol–water partition coefficient (Wildman–Crippen LogP) is 9.24. The van der Waals surface area contributed by atoms with Crippen molar-refractivity contribution in [3.63, 3.8) is 0 Å². The standard InChI is InChI=1S/C36H41NO2S2/c1-34(2)19-35(3,4)21-36(20-34)29-15-24(41(8)39)13-14-25(29)33-28-17-32(40-7)26(16-27(28)31(38)18-30(33)36)22-9-11-23(12-10-22)37(5)6/h9-18,38H,19-21H2,1-8H3. The van der Waals surface area contributed by atoms with E-state index in [9.17, 15) is 9.32 Å². The van der Waals surface area contributed by atoms with Gasteiger partial charge in [-0.15, -0.1) is 11.8 Å². The first kappa shape index (κ1) is 28.4. The number of aromatic hydroxyl groups is 1. The van der Waals surface area contributed by atoms with Crippen molar-refractivity contribution < 1.29 is 9.32 Å². The normalized spacial score (nSPS) is 18.7. The molecular formula is C36H41NO2S2. The molecule has 4 aromatic rings. The third-order valence-electron chi connectivity index (χ3n) is 9.27. The van der Waals surface area contributed by atoms with E-state index in [4.69, 9.17) is 0 Å². The molecule has 1 atom stereocenters. The Labute approximate surface area is 251 Å². The number of thioether (sulfide) groups is 1. The number of phenols is 1. The number of rotatable bonds is 4. The average Bonchev–Trinajstić information content (AvgIpc) is 3.13. The van der Waals surface area contributed by atoms with Gasteiger partial charge in [0.25, 0.3) is 0 Å². The van der Waals surface area contributed by atoms with Gasteiger partial charge >= 0.3 is 0 Å². The molecule has 2 aliphatic rings. The van der Waals surface area contributed by atoms with Crippen molar-refractivity contribution >= 4 is 39.0 Å². The zero-order valence-electron chi connectivity index (χ0n) is 25.5. The highest BCUT2D eigenvalue weighted by Gasteiger charge is 2.54. The Hall–Kier alpha value is -2.76. The molecule has 1 spiro atoms. The Bertz CT molecular complexity index is 1700. The molecule has 4 aromatic carbocycles. The van der Waals surface area contributed by atoms with Crippen LogP contribution in [0.2, 0.25) is 0 Å². The van der Waals surface area contributed by atoms with Gasteiger partial charge in [0.15, 0.2) is 0 Å².